The normalized spacial score (nSPS) is 16.6. The van der Waals surface area contributed by atoms with Crippen LogP contribution in [0.3, 0.4) is 0 Å². The van der Waals surface area contributed by atoms with Crippen molar-refractivity contribution in [2.24, 2.45) is 0 Å². The van der Waals surface area contributed by atoms with Crippen molar-refractivity contribution in [1.29, 1.82) is 0 Å². The summed E-state index contributed by atoms with van der Waals surface area (Å²) in [6.07, 6.45) is 0. The second-order valence-electron chi connectivity index (χ2n) is 10.7. The van der Waals surface area contributed by atoms with Gasteiger partial charge in [-0.05, 0) is 26.8 Å². The molecule has 1 atom stereocenters. The Bertz CT molecular complexity index is 1070. The number of nitrogens with zero attached hydrogens (tertiary/aromatic N) is 3. The molecule has 0 unspecified atom stereocenters. The van der Waals surface area contributed by atoms with E-state index < -0.39 is 5.54 Å². The number of anilines is 1. The van der Waals surface area contributed by atoms with Gasteiger partial charge in [0.1, 0.15) is 18.1 Å². The van der Waals surface area contributed by atoms with Crippen molar-refractivity contribution in [3.8, 4) is 5.75 Å². The fraction of sp³-hybridized carbons (Fsp3) is 0.577. The summed E-state index contributed by atoms with van der Waals surface area (Å²) in [6.45, 7) is 13.3. The van der Waals surface area contributed by atoms with Gasteiger partial charge in [-0.25, -0.2) is 4.68 Å². The number of hydrogen-bond acceptors (Lipinski definition) is 6. The summed E-state index contributed by atoms with van der Waals surface area (Å²) in [5, 5.41) is 7.75. The minimum atomic E-state index is -0.418. The third-order valence-corrected chi connectivity index (χ3v) is 7.02. The van der Waals surface area contributed by atoms with Gasteiger partial charge >= 0.3 is 0 Å². The summed E-state index contributed by atoms with van der Waals surface area (Å²) < 4.78 is 12.7. The molecule has 1 aliphatic rings. The van der Waals surface area contributed by atoms with E-state index in [-0.39, 0.29) is 34.8 Å². The van der Waals surface area contributed by atoms with E-state index in [0.29, 0.717) is 19.0 Å². The molecule has 1 N–H and O–H groups in total. The van der Waals surface area contributed by atoms with E-state index in [2.05, 4.69) is 46.9 Å². The van der Waals surface area contributed by atoms with Crippen molar-refractivity contribution < 1.29 is 19.1 Å². The Kier molecular flexibility index (Phi) is 8.21. The summed E-state index contributed by atoms with van der Waals surface area (Å²) in [6, 6.07) is 7.90. The van der Waals surface area contributed by atoms with Crippen LogP contribution in [0, 0.1) is 0 Å². The van der Waals surface area contributed by atoms with Gasteiger partial charge in [-0.1, -0.05) is 39.0 Å². The number of nitrogens with one attached hydrogen (secondary N) is 1. The van der Waals surface area contributed by atoms with E-state index in [1.165, 1.54) is 0 Å². The van der Waals surface area contributed by atoms with Crippen molar-refractivity contribution in [3.05, 3.63) is 41.1 Å². The standard InChI is InChI=1S/C26H38N4O4S/c1-25(2,3)23-21-22(17-11-9-10-12-18(17)34-8)35-16-20(32)29(15-19(31)27-13-14-33-7)24(21)30(28-23)26(4,5)6/h9-12,22H,13-16H2,1-8H3,(H,27,31)/t22-/m0/s1. The molecule has 9 heteroatoms. The predicted octanol–water partition coefficient (Wildman–Crippen LogP) is 3.88. The van der Waals surface area contributed by atoms with Crippen LogP contribution in [0.15, 0.2) is 24.3 Å². The van der Waals surface area contributed by atoms with Gasteiger partial charge in [0.15, 0.2) is 0 Å². The molecular weight excluding hydrogens is 464 g/mol. The number of fused-ring (bicyclic) bond motifs is 1. The molecule has 192 valence electrons. The highest BCUT2D eigenvalue weighted by Crippen LogP contribution is 2.50. The first-order chi connectivity index (χ1) is 16.4. The Balaban J connectivity index is 2.27. The summed E-state index contributed by atoms with van der Waals surface area (Å²) in [7, 11) is 3.24. The maximum absolute atomic E-state index is 13.5. The Morgan fingerprint density at radius 2 is 1.86 bits per heavy atom. The maximum Gasteiger partial charge on any atom is 0.240 e. The number of carbonyl (C=O) groups excluding carboxylic acids is 2. The molecule has 0 bridgehead atoms. The number of thioether (sulfide) groups is 1. The number of benzene rings is 1. The lowest BCUT2D eigenvalue weighted by Crippen LogP contribution is -2.44. The summed E-state index contributed by atoms with van der Waals surface area (Å²) in [5.41, 5.74) is 2.14. The zero-order valence-corrected chi connectivity index (χ0v) is 22.9. The number of amides is 2. The van der Waals surface area contributed by atoms with Crippen LogP contribution in [-0.4, -0.2) is 61.3 Å². The number of rotatable bonds is 7. The van der Waals surface area contributed by atoms with Crippen LogP contribution in [0.4, 0.5) is 5.82 Å². The van der Waals surface area contributed by atoms with E-state index in [9.17, 15) is 9.59 Å². The number of carbonyl (C=O) groups is 2. The van der Waals surface area contributed by atoms with Crippen LogP contribution >= 0.6 is 11.8 Å². The number of methoxy groups -OCH3 is 2. The molecule has 0 radical (unpaired) electrons. The van der Waals surface area contributed by atoms with E-state index in [1.54, 1.807) is 30.9 Å². The minimum absolute atomic E-state index is 0.0832. The first kappa shape index (κ1) is 27.1. The highest BCUT2D eigenvalue weighted by molar-refractivity contribution is 8.00. The monoisotopic (exact) mass is 502 g/mol. The average Bonchev–Trinajstić information content (AvgIpc) is 3.13. The fourth-order valence-corrected chi connectivity index (χ4v) is 5.38. The molecule has 1 aromatic heterocycles. The molecule has 1 aromatic carbocycles. The van der Waals surface area contributed by atoms with E-state index in [4.69, 9.17) is 14.6 Å². The molecule has 1 aliphatic heterocycles. The van der Waals surface area contributed by atoms with Gasteiger partial charge in [0.25, 0.3) is 0 Å². The molecule has 0 spiro atoms. The molecule has 3 rings (SSSR count). The second-order valence-corrected chi connectivity index (χ2v) is 11.8. The van der Waals surface area contributed by atoms with Gasteiger partial charge in [-0.15, -0.1) is 11.8 Å². The van der Waals surface area contributed by atoms with Crippen molar-refractivity contribution in [2.75, 3.05) is 44.6 Å². The van der Waals surface area contributed by atoms with Gasteiger partial charge in [0, 0.05) is 30.2 Å². The molecule has 0 saturated heterocycles. The van der Waals surface area contributed by atoms with Crippen LogP contribution in [-0.2, 0) is 25.3 Å². The first-order valence-corrected chi connectivity index (χ1v) is 12.9. The lowest BCUT2D eigenvalue weighted by atomic mass is 9.87. The van der Waals surface area contributed by atoms with Gasteiger partial charge in [-0.2, -0.15) is 5.10 Å². The van der Waals surface area contributed by atoms with Gasteiger partial charge in [-0.3, -0.25) is 14.5 Å². The number of ether oxygens (including phenoxy) is 2. The number of aromatic nitrogens is 2. The zero-order chi connectivity index (χ0) is 26.0. The second kappa shape index (κ2) is 10.6. The van der Waals surface area contributed by atoms with Crippen molar-refractivity contribution in [3.63, 3.8) is 0 Å². The van der Waals surface area contributed by atoms with Crippen molar-refractivity contribution >= 4 is 29.4 Å². The van der Waals surface area contributed by atoms with Crippen molar-refractivity contribution in [2.45, 2.75) is 57.7 Å². The van der Waals surface area contributed by atoms with Crippen LogP contribution in [0.25, 0.3) is 0 Å². The Morgan fingerprint density at radius 1 is 1.17 bits per heavy atom. The number of para-hydroxylation sites is 1. The highest BCUT2D eigenvalue weighted by Gasteiger charge is 2.42. The van der Waals surface area contributed by atoms with Crippen LogP contribution in [0.1, 0.15) is 63.6 Å². The molecular formula is C26H38N4O4S. The Morgan fingerprint density at radius 3 is 2.46 bits per heavy atom. The summed E-state index contributed by atoms with van der Waals surface area (Å²) >= 11 is 1.55. The maximum atomic E-state index is 13.5. The van der Waals surface area contributed by atoms with E-state index in [0.717, 1.165) is 22.6 Å². The molecule has 0 fully saturated rings. The van der Waals surface area contributed by atoms with Gasteiger partial charge < -0.3 is 14.8 Å². The quantitative estimate of drug-likeness (QED) is 0.579. The van der Waals surface area contributed by atoms with E-state index in [1.807, 2.05) is 28.9 Å². The largest absolute Gasteiger partial charge is 0.496 e. The number of hydrogen-bond donors (Lipinski definition) is 1. The summed E-state index contributed by atoms with van der Waals surface area (Å²) in [5.74, 6) is 1.31. The van der Waals surface area contributed by atoms with Gasteiger partial charge in [0.2, 0.25) is 11.8 Å². The highest BCUT2D eigenvalue weighted by atomic mass is 32.2. The van der Waals surface area contributed by atoms with E-state index >= 15 is 0 Å². The first-order valence-electron chi connectivity index (χ1n) is 11.8. The molecule has 2 heterocycles. The minimum Gasteiger partial charge on any atom is -0.496 e. The van der Waals surface area contributed by atoms with Crippen molar-refractivity contribution in [1.82, 2.24) is 15.1 Å². The molecule has 2 amide bonds. The fourth-order valence-electron chi connectivity index (χ4n) is 4.16. The molecule has 35 heavy (non-hydrogen) atoms. The van der Waals surface area contributed by atoms with Gasteiger partial charge in [0.05, 0.1) is 36.0 Å². The van der Waals surface area contributed by atoms with Crippen LogP contribution in [0.5, 0.6) is 5.75 Å². The predicted molar refractivity (Wildman–Crippen MR) is 140 cm³/mol. The lowest BCUT2D eigenvalue weighted by Gasteiger charge is -2.29. The third-order valence-electron chi connectivity index (χ3n) is 5.79. The molecule has 2 aromatic rings. The van der Waals surface area contributed by atoms with Crippen LogP contribution in [0.2, 0.25) is 0 Å². The molecule has 0 aliphatic carbocycles. The molecule has 0 saturated carbocycles. The third kappa shape index (κ3) is 5.83. The topological polar surface area (TPSA) is 85.7 Å². The average molecular weight is 503 g/mol. The van der Waals surface area contributed by atoms with Crippen LogP contribution < -0.4 is 15.0 Å². The SMILES string of the molecule is COCCNC(=O)CN1C(=O)CS[C@@H](c2ccccc2OC)c2c(C(C)(C)C)nn(C(C)(C)C)c21. The Labute approximate surface area is 212 Å². The molecule has 8 nitrogen and oxygen atoms in total. The smallest absolute Gasteiger partial charge is 0.240 e. The Hall–Kier alpha value is -2.52. The summed E-state index contributed by atoms with van der Waals surface area (Å²) in [4.78, 5) is 28.0. The zero-order valence-electron chi connectivity index (χ0n) is 22.1. The lowest BCUT2D eigenvalue weighted by molar-refractivity contribution is -0.123.